The average molecular weight is 308 g/mol. The van der Waals surface area contributed by atoms with Crippen LogP contribution in [0.15, 0.2) is 54.6 Å². The summed E-state index contributed by atoms with van der Waals surface area (Å²) in [5, 5.41) is 8.90. The fourth-order valence-corrected chi connectivity index (χ4v) is 2.01. The lowest BCUT2D eigenvalue weighted by atomic mass is 10.1. The van der Waals surface area contributed by atoms with Crippen molar-refractivity contribution >= 4 is 11.9 Å². The van der Waals surface area contributed by atoms with Crippen LogP contribution in [-0.2, 0) is 9.53 Å². The summed E-state index contributed by atoms with van der Waals surface area (Å²) in [4.78, 5) is 26.0. The molecule has 2 aromatic carbocycles. The quantitative estimate of drug-likeness (QED) is 0.814. The van der Waals surface area contributed by atoms with Gasteiger partial charge in [0.15, 0.2) is 0 Å². The normalized spacial score (nSPS) is 11.2. The molecule has 0 heterocycles. The second-order valence-corrected chi connectivity index (χ2v) is 5.12. The van der Waals surface area contributed by atoms with E-state index in [-0.39, 0.29) is 11.5 Å². The predicted molar refractivity (Wildman–Crippen MR) is 84.4 cm³/mol. The van der Waals surface area contributed by atoms with Crippen LogP contribution >= 0.6 is 0 Å². The van der Waals surface area contributed by atoms with Gasteiger partial charge in [-0.2, -0.15) is 5.26 Å². The van der Waals surface area contributed by atoms with Crippen LogP contribution in [0.4, 0.5) is 0 Å². The molecule has 0 N–H and O–H groups in total. The molecule has 0 aromatic heterocycles. The Balaban J connectivity index is 2.29. The minimum absolute atomic E-state index is 0.233. The van der Waals surface area contributed by atoms with Crippen molar-refractivity contribution < 1.29 is 14.3 Å². The van der Waals surface area contributed by atoms with Crippen molar-refractivity contribution in [3.8, 4) is 6.07 Å². The van der Waals surface area contributed by atoms with Crippen LogP contribution < -0.4 is 0 Å². The molecule has 0 aliphatic carbocycles. The largest absolute Gasteiger partial charge is 0.444 e. The maximum atomic E-state index is 12.3. The number of amides is 1. The number of nitrogens with zero attached hydrogens (tertiary/aromatic N) is 2. The van der Waals surface area contributed by atoms with Gasteiger partial charge in [0.1, 0.15) is 0 Å². The molecule has 23 heavy (non-hydrogen) atoms. The fraction of sp³-hybridized carbons (Fsp3) is 0.167. The van der Waals surface area contributed by atoms with E-state index in [4.69, 9.17) is 10.00 Å². The standard InChI is InChI=1S/C18H16N2O3/c1-20(2)17(21)16(14-8-4-3-5-9-14)23-18(22)15-10-6-7-13(11-15)12-19/h3-11,16H,1-2H3/t16-/m1/s1. The van der Waals surface area contributed by atoms with Crippen molar-refractivity contribution in [1.82, 2.24) is 4.90 Å². The van der Waals surface area contributed by atoms with E-state index in [2.05, 4.69) is 0 Å². The molecule has 116 valence electrons. The first-order chi connectivity index (χ1) is 11.0. The summed E-state index contributed by atoms with van der Waals surface area (Å²) in [6.45, 7) is 0. The van der Waals surface area contributed by atoms with Crippen LogP contribution in [0.1, 0.15) is 27.6 Å². The molecule has 1 amide bonds. The molecular weight excluding hydrogens is 292 g/mol. The number of esters is 1. The van der Waals surface area contributed by atoms with Crippen LogP contribution in [0.2, 0.25) is 0 Å². The van der Waals surface area contributed by atoms with Crippen molar-refractivity contribution in [2.45, 2.75) is 6.10 Å². The summed E-state index contributed by atoms with van der Waals surface area (Å²) >= 11 is 0. The Bertz CT molecular complexity index is 748. The molecule has 2 aromatic rings. The Hall–Kier alpha value is -3.13. The number of carbonyl (C=O) groups is 2. The van der Waals surface area contributed by atoms with Gasteiger partial charge in [0.05, 0.1) is 17.2 Å². The van der Waals surface area contributed by atoms with Gasteiger partial charge in [0.2, 0.25) is 6.10 Å². The minimum Gasteiger partial charge on any atom is -0.444 e. The summed E-state index contributed by atoms with van der Waals surface area (Å²) < 4.78 is 5.41. The SMILES string of the molecule is CN(C)C(=O)[C@H](OC(=O)c1cccc(C#N)c1)c1ccccc1. The van der Waals surface area contributed by atoms with Crippen molar-refractivity contribution in [3.63, 3.8) is 0 Å². The van der Waals surface area contributed by atoms with Crippen LogP contribution in [0, 0.1) is 11.3 Å². The highest BCUT2D eigenvalue weighted by molar-refractivity contribution is 5.93. The number of likely N-dealkylation sites (N-methyl/N-ethyl adjacent to an activating group) is 1. The van der Waals surface area contributed by atoms with E-state index < -0.39 is 12.1 Å². The first-order valence-corrected chi connectivity index (χ1v) is 7.00. The number of carbonyl (C=O) groups excluding carboxylic acids is 2. The Kier molecular flexibility index (Phi) is 5.11. The molecule has 5 nitrogen and oxygen atoms in total. The van der Waals surface area contributed by atoms with Gasteiger partial charge in [-0.3, -0.25) is 4.79 Å². The molecular formula is C18H16N2O3. The second kappa shape index (κ2) is 7.23. The third-order valence-electron chi connectivity index (χ3n) is 3.22. The smallest absolute Gasteiger partial charge is 0.339 e. The zero-order valence-corrected chi connectivity index (χ0v) is 12.9. The summed E-state index contributed by atoms with van der Waals surface area (Å²) in [7, 11) is 3.20. The minimum atomic E-state index is -1.02. The van der Waals surface area contributed by atoms with Crippen molar-refractivity contribution in [3.05, 3.63) is 71.3 Å². The third kappa shape index (κ3) is 3.95. The molecule has 0 fully saturated rings. The Morgan fingerprint density at radius 2 is 1.78 bits per heavy atom. The fourth-order valence-electron chi connectivity index (χ4n) is 2.01. The molecule has 0 aliphatic rings. The molecule has 0 aliphatic heterocycles. The van der Waals surface area contributed by atoms with E-state index in [0.717, 1.165) is 0 Å². The van der Waals surface area contributed by atoms with Crippen LogP contribution in [-0.4, -0.2) is 30.9 Å². The molecule has 2 rings (SSSR count). The monoisotopic (exact) mass is 308 g/mol. The molecule has 0 saturated carbocycles. The zero-order valence-electron chi connectivity index (χ0n) is 12.9. The third-order valence-corrected chi connectivity index (χ3v) is 3.22. The number of hydrogen-bond acceptors (Lipinski definition) is 4. The first kappa shape index (κ1) is 16.2. The average Bonchev–Trinajstić information content (AvgIpc) is 2.59. The Morgan fingerprint density at radius 1 is 1.09 bits per heavy atom. The van der Waals surface area contributed by atoms with Crippen LogP contribution in [0.5, 0.6) is 0 Å². The highest BCUT2D eigenvalue weighted by Gasteiger charge is 2.27. The molecule has 0 spiro atoms. The van der Waals surface area contributed by atoms with Gasteiger partial charge in [0.25, 0.3) is 5.91 Å². The van der Waals surface area contributed by atoms with Gasteiger partial charge in [-0.25, -0.2) is 4.79 Å². The van der Waals surface area contributed by atoms with Crippen LogP contribution in [0.3, 0.4) is 0 Å². The number of benzene rings is 2. The van der Waals surface area contributed by atoms with E-state index in [1.165, 1.54) is 11.0 Å². The maximum Gasteiger partial charge on any atom is 0.339 e. The summed E-state index contributed by atoms with van der Waals surface area (Å²) in [6, 6.07) is 17.0. The Labute approximate surface area is 134 Å². The van der Waals surface area contributed by atoms with E-state index in [1.54, 1.807) is 56.6 Å². The summed E-state index contributed by atoms with van der Waals surface area (Å²) in [5.74, 6) is -0.979. The van der Waals surface area contributed by atoms with Gasteiger partial charge in [-0.05, 0) is 18.2 Å². The van der Waals surface area contributed by atoms with Gasteiger partial charge in [-0.15, -0.1) is 0 Å². The van der Waals surface area contributed by atoms with E-state index in [1.807, 2.05) is 12.1 Å². The van der Waals surface area contributed by atoms with Gasteiger partial charge < -0.3 is 9.64 Å². The van der Waals surface area contributed by atoms with E-state index in [0.29, 0.717) is 11.1 Å². The van der Waals surface area contributed by atoms with Crippen molar-refractivity contribution in [2.24, 2.45) is 0 Å². The number of ether oxygens (including phenoxy) is 1. The highest BCUT2D eigenvalue weighted by Crippen LogP contribution is 2.21. The molecule has 0 radical (unpaired) electrons. The van der Waals surface area contributed by atoms with Gasteiger partial charge in [-0.1, -0.05) is 36.4 Å². The molecule has 0 saturated heterocycles. The lowest BCUT2D eigenvalue weighted by molar-refractivity contribution is -0.138. The van der Waals surface area contributed by atoms with Crippen molar-refractivity contribution in [2.75, 3.05) is 14.1 Å². The second-order valence-electron chi connectivity index (χ2n) is 5.12. The summed E-state index contributed by atoms with van der Waals surface area (Å²) in [6.07, 6.45) is -1.02. The maximum absolute atomic E-state index is 12.3. The molecule has 0 bridgehead atoms. The summed E-state index contributed by atoms with van der Waals surface area (Å²) in [5.41, 5.74) is 1.18. The van der Waals surface area contributed by atoms with Gasteiger partial charge in [0, 0.05) is 19.7 Å². The lowest BCUT2D eigenvalue weighted by Gasteiger charge is -2.21. The topological polar surface area (TPSA) is 70.4 Å². The lowest BCUT2D eigenvalue weighted by Crippen LogP contribution is -2.31. The number of rotatable bonds is 4. The highest BCUT2D eigenvalue weighted by atomic mass is 16.5. The number of nitriles is 1. The van der Waals surface area contributed by atoms with E-state index >= 15 is 0 Å². The molecule has 1 atom stereocenters. The van der Waals surface area contributed by atoms with Crippen molar-refractivity contribution in [1.29, 1.82) is 5.26 Å². The zero-order chi connectivity index (χ0) is 16.8. The molecule has 5 heteroatoms. The predicted octanol–water partition coefficient (Wildman–Crippen LogP) is 2.54. The van der Waals surface area contributed by atoms with Gasteiger partial charge >= 0.3 is 5.97 Å². The first-order valence-electron chi connectivity index (χ1n) is 7.00. The number of hydrogen-bond donors (Lipinski definition) is 0. The molecule has 0 unspecified atom stereocenters. The van der Waals surface area contributed by atoms with Crippen LogP contribution in [0.25, 0.3) is 0 Å². The Morgan fingerprint density at radius 3 is 2.39 bits per heavy atom. The van der Waals surface area contributed by atoms with E-state index in [9.17, 15) is 9.59 Å².